The number of hydrogen-bond acceptors (Lipinski definition) is 1. The van der Waals surface area contributed by atoms with Gasteiger partial charge in [0.1, 0.15) is 0 Å². The van der Waals surface area contributed by atoms with Gasteiger partial charge in [0, 0.05) is 20.6 Å². The first-order valence-corrected chi connectivity index (χ1v) is 6.29. The van der Waals surface area contributed by atoms with Gasteiger partial charge in [-0.25, -0.2) is 0 Å². The predicted octanol–water partition coefficient (Wildman–Crippen LogP) is 2.19. The molecule has 3 heteroatoms. The van der Waals surface area contributed by atoms with Crippen molar-refractivity contribution in [2.45, 2.75) is 25.7 Å². The molecule has 0 atom stereocenters. The fourth-order valence-corrected chi connectivity index (χ4v) is 1.76. The van der Waals surface area contributed by atoms with Gasteiger partial charge >= 0.3 is 0 Å². The van der Waals surface area contributed by atoms with Crippen LogP contribution in [-0.4, -0.2) is 26.6 Å². The lowest BCUT2D eigenvalue weighted by atomic mass is 10.1. The summed E-state index contributed by atoms with van der Waals surface area (Å²) in [6.45, 7) is 0.988. The first-order chi connectivity index (χ1) is 8.36. The first kappa shape index (κ1) is 13.6. The van der Waals surface area contributed by atoms with Gasteiger partial charge in [0.25, 0.3) is 0 Å². The third kappa shape index (κ3) is 5.95. The second kappa shape index (κ2) is 8.62. The average molecular weight is 233 g/mol. The number of guanidine groups is 1. The molecule has 0 heterocycles. The van der Waals surface area contributed by atoms with Crippen LogP contribution in [0.5, 0.6) is 0 Å². The van der Waals surface area contributed by atoms with Gasteiger partial charge in [0.15, 0.2) is 5.96 Å². The number of aryl methyl sites for hydroxylation is 1. The Morgan fingerprint density at radius 3 is 2.53 bits per heavy atom. The van der Waals surface area contributed by atoms with Crippen LogP contribution in [-0.2, 0) is 6.42 Å². The van der Waals surface area contributed by atoms with Crippen molar-refractivity contribution in [3.63, 3.8) is 0 Å². The summed E-state index contributed by atoms with van der Waals surface area (Å²) in [5.41, 5.74) is 1.44. The number of hydrogen-bond donors (Lipinski definition) is 2. The van der Waals surface area contributed by atoms with Crippen LogP contribution in [0.2, 0.25) is 0 Å². The van der Waals surface area contributed by atoms with E-state index in [-0.39, 0.29) is 0 Å². The van der Waals surface area contributed by atoms with Gasteiger partial charge in [-0.05, 0) is 24.8 Å². The lowest BCUT2D eigenvalue weighted by molar-refractivity contribution is 0.659. The van der Waals surface area contributed by atoms with Gasteiger partial charge in [0.2, 0.25) is 0 Å². The van der Waals surface area contributed by atoms with Crippen molar-refractivity contribution in [2.24, 2.45) is 4.99 Å². The summed E-state index contributed by atoms with van der Waals surface area (Å²) < 4.78 is 0. The molecule has 0 unspecified atom stereocenters. The Bertz CT molecular complexity index is 319. The van der Waals surface area contributed by atoms with Crippen LogP contribution in [0, 0.1) is 0 Å². The summed E-state index contributed by atoms with van der Waals surface area (Å²) >= 11 is 0. The molecule has 0 aromatic heterocycles. The van der Waals surface area contributed by atoms with Crippen molar-refractivity contribution in [1.29, 1.82) is 0 Å². The monoisotopic (exact) mass is 233 g/mol. The van der Waals surface area contributed by atoms with E-state index in [9.17, 15) is 0 Å². The molecule has 0 fully saturated rings. The third-order valence-corrected chi connectivity index (χ3v) is 2.74. The minimum atomic E-state index is 0.869. The molecule has 3 nitrogen and oxygen atoms in total. The maximum atomic E-state index is 4.07. The molecule has 0 amide bonds. The van der Waals surface area contributed by atoms with E-state index in [1.807, 2.05) is 7.05 Å². The zero-order valence-corrected chi connectivity index (χ0v) is 10.9. The lowest BCUT2D eigenvalue weighted by Gasteiger charge is -2.07. The zero-order chi connectivity index (χ0) is 12.3. The highest BCUT2D eigenvalue weighted by molar-refractivity contribution is 5.79. The van der Waals surface area contributed by atoms with Crippen LogP contribution < -0.4 is 10.6 Å². The highest BCUT2D eigenvalue weighted by Gasteiger charge is 1.94. The molecule has 0 saturated carbocycles. The Hall–Kier alpha value is -1.51. The van der Waals surface area contributed by atoms with E-state index in [1.54, 1.807) is 7.05 Å². The van der Waals surface area contributed by atoms with Crippen molar-refractivity contribution < 1.29 is 0 Å². The molecular formula is C14H23N3. The molecule has 0 spiro atoms. The highest BCUT2D eigenvalue weighted by atomic mass is 15.1. The van der Waals surface area contributed by atoms with E-state index < -0.39 is 0 Å². The molecule has 0 aliphatic heterocycles. The Morgan fingerprint density at radius 2 is 1.88 bits per heavy atom. The van der Waals surface area contributed by atoms with Gasteiger partial charge in [-0.15, -0.1) is 0 Å². The normalized spacial score (nSPS) is 11.3. The number of aliphatic imine (C=N–C) groups is 1. The van der Waals surface area contributed by atoms with Crippen LogP contribution >= 0.6 is 0 Å². The molecule has 0 aliphatic carbocycles. The summed E-state index contributed by atoms with van der Waals surface area (Å²) in [5.74, 6) is 0.869. The van der Waals surface area contributed by atoms with Crippen LogP contribution in [0.3, 0.4) is 0 Å². The quantitative estimate of drug-likeness (QED) is 0.449. The largest absolute Gasteiger partial charge is 0.359 e. The Kier molecular flexibility index (Phi) is 6.87. The first-order valence-electron chi connectivity index (χ1n) is 6.29. The smallest absolute Gasteiger partial charge is 0.190 e. The maximum Gasteiger partial charge on any atom is 0.190 e. The lowest BCUT2D eigenvalue weighted by Crippen LogP contribution is -2.35. The van der Waals surface area contributed by atoms with Gasteiger partial charge < -0.3 is 10.6 Å². The summed E-state index contributed by atoms with van der Waals surface area (Å²) in [6.07, 6.45) is 4.88. The van der Waals surface area contributed by atoms with E-state index in [1.165, 1.54) is 31.2 Å². The molecule has 94 valence electrons. The second-order valence-electron chi connectivity index (χ2n) is 4.05. The van der Waals surface area contributed by atoms with E-state index >= 15 is 0 Å². The molecule has 1 aromatic rings. The summed E-state index contributed by atoms with van der Waals surface area (Å²) in [4.78, 5) is 4.07. The Morgan fingerprint density at radius 1 is 1.12 bits per heavy atom. The Labute approximate surface area is 104 Å². The summed E-state index contributed by atoms with van der Waals surface area (Å²) in [7, 11) is 3.67. The molecule has 0 bridgehead atoms. The van der Waals surface area contributed by atoms with Gasteiger partial charge in [0.05, 0.1) is 0 Å². The number of nitrogens with zero attached hydrogens (tertiary/aromatic N) is 1. The van der Waals surface area contributed by atoms with Gasteiger partial charge in [-0.2, -0.15) is 0 Å². The summed E-state index contributed by atoms with van der Waals surface area (Å²) in [5, 5.41) is 6.26. The van der Waals surface area contributed by atoms with Crippen molar-refractivity contribution in [3.8, 4) is 0 Å². The van der Waals surface area contributed by atoms with Crippen molar-refractivity contribution >= 4 is 5.96 Å². The molecule has 1 rings (SSSR count). The topological polar surface area (TPSA) is 36.4 Å². The minimum absolute atomic E-state index is 0.869. The van der Waals surface area contributed by atoms with Gasteiger partial charge in [-0.3, -0.25) is 4.99 Å². The number of rotatable bonds is 6. The fraction of sp³-hybridized carbons (Fsp3) is 0.500. The van der Waals surface area contributed by atoms with Crippen molar-refractivity contribution in [2.75, 3.05) is 20.6 Å². The predicted molar refractivity (Wildman–Crippen MR) is 74.4 cm³/mol. The van der Waals surface area contributed by atoms with E-state index in [0.717, 1.165) is 12.5 Å². The van der Waals surface area contributed by atoms with E-state index in [4.69, 9.17) is 0 Å². The SMILES string of the molecule is CN=C(NC)NCCCCCc1ccccc1. The van der Waals surface area contributed by atoms with Gasteiger partial charge in [-0.1, -0.05) is 36.8 Å². The molecule has 0 saturated heterocycles. The molecule has 1 aromatic carbocycles. The van der Waals surface area contributed by atoms with E-state index in [2.05, 4.69) is 46.0 Å². The van der Waals surface area contributed by atoms with Crippen molar-refractivity contribution in [3.05, 3.63) is 35.9 Å². The van der Waals surface area contributed by atoms with E-state index in [0.29, 0.717) is 0 Å². The molecule has 2 N–H and O–H groups in total. The second-order valence-corrected chi connectivity index (χ2v) is 4.05. The van der Waals surface area contributed by atoms with Crippen molar-refractivity contribution in [1.82, 2.24) is 10.6 Å². The molecular weight excluding hydrogens is 210 g/mol. The number of nitrogens with one attached hydrogen (secondary N) is 2. The zero-order valence-electron chi connectivity index (χ0n) is 10.9. The highest BCUT2D eigenvalue weighted by Crippen LogP contribution is 2.05. The standard InChI is InChI=1S/C14H23N3/c1-15-14(16-2)17-12-8-4-7-11-13-9-5-3-6-10-13/h3,5-6,9-10H,4,7-8,11-12H2,1-2H3,(H2,15,16,17). The average Bonchev–Trinajstić information content (AvgIpc) is 2.39. The minimum Gasteiger partial charge on any atom is -0.359 e. The maximum absolute atomic E-state index is 4.07. The van der Waals surface area contributed by atoms with Crippen LogP contribution in [0.1, 0.15) is 24.8 Å². The fourth-order valence-electron chi connectivity index (χ4n) is 1.76. The number of benzene rings is 1. The molecule has 0 radical (unpaired) electrons. The Balaban J connectivity index is 2.02. The number of unbranched alkanes of at least 4 members (excludes halogenated alkanes) is 2. The molecule has 17 heavy (non-hydrogen) atoms. The summed E-state index contributed by atoms with van der Waals surface area (Å²) in [6, 6.07) is 10.7. The van der Waals surface area contributed by atoms with Crippen LogP contribution in [0.15, 0.2) is 35.3 Å². The molecule has 0 aliphatic rings. The van der Waals surface area contributed by atoms with Crippen LogP contribution in [0.4, 0.5) is 0 Å². The van der Waals surface area contributed by atoms with Crippen LogP contribution in [0.25, 0.3) is 0 Å². The third-order valence-electron chi connectivity index (χ3n) is 2.74.